The largest absolute Gasteiger partial charge is 0.497 e. The minimum Gasteiger partial charge on any atom is -0.497 e. The molecule has 4 nitrogen and oxygen atoms in total. The first-order chi connectivity index (χ1) is 10.8. The second kappa shape index (κ2) is 7.07. The molecule has 0 saturated carbocycles. The van der Waals surface area contributed by atoms with Crippen LogP contribution in [0.1, 0.15) is 10.9 Å². The van der Waals surface area contributed by atoms with E-state index in [1.165, 1.54) is 5.56 Å². The molecule has 0 N–H and O–H groups in total. The predicted octanol–water partition coefficient (Wildman–Crippen LogP) is 3.41. The maximum Gasteiger partial charge on any atom is 0.233 e. The number of methoxy groups -OCH3 is 1. The fourth-order valence-electron chi connectivity index (χ4n) is 2.32. The van der Waals surface area contributed by atoms with Crippen LogP contribution in [0, 0.1) is 0 Å². The second-order valence-electron chi connectivity index (χ2n) is 4.83. The summed E-state index contributed by atoms with van der Waals surface area (Å²) in [5.41, 5.74) is 1.20. The number of thiophene rings is 1. The standard InChI is InChI=1S/C16H17NO3S2/c1-19-13-2-4-14(5-3-13)20-8-7-17-15(18)11-22-16(17)12-6-9-21-10-12/h2-6,9-10,16H,7-8,11H2,1H3. The number of carbonyl (C=O) groups excluding carboxylic acids is 1. The van der Waals surface area contributed by atoms with Crippen molar-refractivity contribution in [2.24, 2.45) is 0 Å². The van der Waals surface area contributed by atoms with Crippen molar-refractivity contribution in [2.45, 2.75) is 5.37 Å². The summed E-state index contributed by atoms with van der Waals surface area (Å²) in [5, 5.41) is 4.27. The van der Waals surface area contributed by atoms with Crippen LogP contribution in [-0.2, 0) is 4.79 Å². The van der Waals surface area contributed by atoms with Gasteiger partial charge in [-0.2, -0.15) is 11.3 Å². The molecule has 22 heavy (non-hydrogen) atoms. The molecule has 1 atom stereocenters. The molecule has 6 heteroatoms. The van der Waals surface area contributed by atoms with E-state index in [-0.39, 0.29) is 11.3 Å². The van der Waals surface area contributed by atoms with Gasteiger partial charge >= 0.3 is 0 Å². The number of benzene rings is 1. The van der Waals surface area contributed by atoms with E-state index in [4.69, 9.17) is 9.47 Å². The molecule has 0 aliphatic carbocycles. The second-order valence-corrected chi connectivity index (χ2v) is 6.68. The van der Waals surface area contributed by atoms with Crippen molar-refractivity contribution in [3.05, 3.63) is 46.7 Å². The molecule has 116 valence electrons. The van der Waals surface area contributed by atoms with Crippen molar-refractivity contribution >= 4 is 29.0 Å². The van der Waals surface area contributed by atoms with E-state index in [0.29, 0.717) is 18.9 Å². The van der Waals surface area contributed by atoms with Gasteiger partial charge in [-0.3, -0.25) is 4.79 Å². The Kier molecular flexibility index (Phi) is 4.90. The predicted molar refractivity (Wildman–Crippen MR) is 89.7 cm³/mol. The number of ether oxygens (including phenoxy) is 2. The van der Waals surface area contributed by atoms with Crippen molar-refractivity contribution < 1.29 is 14.3 Å². The topological polar surface area (TPSA) is 38.8 Å². The van der Waals surface area contributed by atoms with Gasteiger partial charge in [0.15, 0.2) is 0 Å². The van der Waals surface area contributed by atoms with Crippen molar-refractivity contribution in [1.82, 2.24) is 4.90 Å². The van der Waals surface area contributed by atoms with Crippen LogP contribution in [0.25, 0.3) is 0 Å². The molecular weight excluding hydrogens is 318 g/mol. The maximum atomic E-state index is 12.0. The summed E-state index contributed by atoms with van der Waals surface area (Å²) in [6.45, 7) is 1.08. The van der Waals surface area contributed by atoms with E-state index < -0.39 is 0 Å². The minimum absolute atomic E-state index is 0.123. The summed E-state index contributed by atoms with van der Waals surface area (Å²) >= 11 is 3.34. The van der Waals surface area contributed by atoms with Gasteiger partial charge in [0.05, 0.1) is 19.4 Å². The van der Waals surface area contributed by atoms with Gasteiger partial charge in [0.2, 0.25) is 5.91 Å². The molecule has 1 amide bonds. The molecule has 0 radical (unpaired) electrons. The fraction of sp³-hybridized carbons (Fsp3) is 0.312. The summed E-state index contributed by atoms with van der Waals surface area (Å²) in [7, 11) is 1.64. The van der Waals surface area contributed by atoms with Crippen LogP contribution < -0.4 is 9.47 Å². The highest BCUT2D eigenvalue weighted by Gasteiger charge is 2.32. The number of hydrogen-bond donors (Lipinski definition) is 0. The molecule has 1 aliphatic rings. The molecule has 0 bridgehead atoms. The van der Waals surface area contributed by atoms with Gasteiger partial charge in [-0.15, -0.1) is 11.8 Å². The third-order valence-electron chi connectivity index (χ3n) is 3.46. The molecule has 2 aromatic rings. The van der Waals surface area contributed by atoms with Gasteiger partial charge < -0.3 is 14.4 Å². The monoisotopic (exact) mass is 335 g/mol. The first-order valence-electron chi connectivity index (χ1n) is 6.98. The molecular formula is C16H17NO3S2. The molecule has 3 rings (SSSR count). The summed E-state index contributed by atoms with van der Waals surface area (Å²) in [4.78, 5) is 13.9. The Morgan fingerprint density at radius 3 is 2.68 bits per heavy atom. The highest BCUT2D eigenvalue weighted by molar-refractivity contribution is 8.00. The zero-order valence-electron chi connectivity index (χ0n) is 12.2. The molecule has 1 aliphatic heterocycles. The number of carbonyl (C=O) groups is 1. The van der Waals surface area contributed by atoms with Crippen LogP contribution in [0.5, 0.6) is 11.5 Å². The van der Waals surface area contributed by atoms with Crippen LogP contribution in [0.15, 0.2) is 41.1 Å². The van der Waals surface area contributed by atoms with Gasteiger partial charge in [-0.25, -0.2) is 0 Å². The molecule has 1 aromatic heterocycles. The first kappa shape index (κ1) is 15.2. The lowest BCUT2D eigenvalue weighted by molar-refractivity contribution is -0.128. The van der Waals surface area contributed by atoms with Gasteiger partial charge in [-0.05, 0) is 46.7 Å². The number of amides is 1. The number of hydrogen-bond acceptors (Lipinski definition) is 5. The Hall–Kier alpha value is -1.66. The summed E-state index contributed by atoms with van der Waals surface area (Å²) < 4.78 is 10.8. The van der Waals surface area contributed by atoms with Crippen molar-refractivity contribution in [2.75, 3.05) is 26.0 Å². The van der Waals surface area contributed by atoms with Crippen LogP contribution in [0.2, 0.25) is 0 Å². The van der Waals surface area contributed by atoms with Gasteiger partial charge in [0.25, 0.3) is 0 Å². The highest BCUT2D eigenvalue weighted by Crippen LogP contribution is 2.39. The summed E-state index contributed by atoms with van der Waals surface area (Å²) in [5.74, 6) is 2.31. The van der Waals surface area contributed by atoms with E-state index in [9.17, 15) is 4.79 Å². The Balaban J connectivity index is 1.56. The van der Waals surface area contributed by atoms with Gasteiger partial charge in [-0.1, -0.05) is 0 Å². The lowest BCUT2D eigenvalue weighted by atomic mass is 10.3. The van der Waals surface area contributed by atoms with Gasteiger partial charge in [0.1, 0.15) is 23.5 Å². The summed E-state index contributed by atoms with van der Waals surface area (Å²) in [6.07, 6.45) is 0. The zero-order chi connectivity index (χ0) is 15.4. The van der Waals surface area contributed by atoms with Crippen LogP contribution in [0.3, 0.4) is 0 Å². The molecule has 1 saturated heterocycles. The number of thioether (sulfide) groups is 1. The molecule has 1 unspecified atom stereocenters. The van der Waals surface area contributed by atoms with Crippen LogP contribution in [0.4, 0.5) is 0 Å². The zero-order valence-corrected chi connectivity index (χ0v) is 13.9. The molecule has 1 fully saturated rings. The lowest BCUT2D eigenvalue weighted by Crippen LogP contribution is -2.32. The van der Waals surface area contributed by atoms with Crippen molar-refractivity contribution in [3.8, 4) is 11.5 Å². The molecule has 2 heterocycles. The molecule has 1 aromatic carbocycles. The van der Waals surface area contributed by atoms with E-state index in [1.54, 1.807) is 30.2 Å². The molecule has 0 spiro atoms. The van der Waals surface area contributed by atoms with E-state index >= 15 is 0 Å². The van der Waals surface area contributed by atoms with Crippen LogP contribution >= 0.6 is 23.1 Å². The first-order valence-corrected chi connectivity index (χ1v) is 8.97. The van der Waals surface area contributed by atoms with Crippen molar-refractivity contribution in [3.63, 3.8) is 0 Å². The van der Waals surface area contributed by atoms with Crippen molar-refractivity contribution in [1.29, 1.82) is 0 Å². The average molecular weight is 335 g/mol. The summed E-state index contributed by atoms with van der Waals surface area (Å²) in [6, 6.07) is 9.55. The minimum atomic E-state index is 0.123. The third-order valence-corrected chi connectivity index (χ3v) is 5.41. The van der Waals surface area contributed by atoms with E-state index in [2.05, 4.69) is 11.4 Å². The number of rotatable bonds is 6. The fourth-order valence-corrected chi connectivity index (χ4v) is 4.29. The Morgan fingerprint density at radius 1 is 1.23 bits per heavy atom. The lowest BCUT2D eigenvalue weighted by Gasteiger charge is -2.23. The highest BCUT2D eigenvalue weighted by atomic mass is 32.2. The Morgan fingerprint density at radius 2 is 2.00 bits per heavy atom. The van der Waals surface area contributed by atoms with E-state index in [1.807, 2.05) is 34.5 Å². The average Bonchev–Trinajstić information content (AvgIpc) is 3.18. The van der Waals surface area contributed by atoms with E-state index in [0.717, 1.165) is 11.5 Å². The number of nitrogens with zero attached hydrogens (tertiary/aromatic N) is 1. The smallest absolute Gasteiger partial charge is 0.233 e. The maximum absolute atomic E-state index is 12.0. The third kappa shape index (κ3) is 3.39. The van der Waals surface area contributed by atoms with Gasteiger partial charge in [0, 0.05) is 0 Å². The Labute approximate surface area is 138 Å². The quantitative estimate of drug-likeness (QED) is 0.811. The SMILES string of the molecule is COc1ccc(OCCN2C(=O)CSC2c2ccsc2)cc1. The Bertz CT molecular complexity index is 613. The normalized spacial score (nSPS) is 17.8. The van der Waals surface area contributed by atoms with Crippen LogP contribution in [-0.4, -0.2) is 36.8 Å².